The van der Waals surface area contributed by atoms with Crippen LogP contribution in [0.15, 0.2) is 0 Å². The zero-order chi connectivity index (χ0) is 15.8. The summed E-state index contributed by atoms with van der Waals surface area (Å²) in [4.78, 5) is 0. The van der Waals surface area contributed by atoms with Gasteiger partial charge < -0.3 is 14.9 Å². The fourth-order valence-corrected chi connectivity index (χ4v) is 2.81. The van der Waals surface area contributed by atoms with E-state index in [4.69, 9.17) is 0 Å². The van der Waals surface area contributed by atoms with Crippen molar-refractivity contribution >= 4 is 0 Å². The van der Waals surface area contributed by atoms with Crippen molar-refractivity contribution in [1.82, 2.24) is 0 Å². The van der Waals surface area contributed by atoms with Crippen LogP contribution in [0.4, 0.5) is 0 Å². The van der Waals surface area contributed by atoms with Crippen LogP contribution >= 0.6 is 0 Å². The van der Waals surface area contributed by atoms with Crippen molar-refractivity contribution in [3.05, 3.63) is 74.0 Å². The summed E-state index contributed by atoms with van der Waals surface area (Å²) >= 11 is 0. The Bertz CT molecular complexity index is 181. The van der Waals surface area contributed by atoms with Crippen LogP contribution in [-0.4, -0.2) is 0 Å². The molecule has 2 rings (SSSR count). The minimum absolute atomic E-state index is 0. The van der Waals surface area contributed by atoms with Crippen LogP contribution < -0.4 is 0 Å². The Morgan fingerprint density at radius 3 is 0.348 bits per heavy atom. The summed E-state index contributed by atoms with van der Waals surface area (Å²) in [7, 11) is 0. The molecule has 0 saturated heterocycles. The maximum Gasteiger partial charge on any atom is 2.00 e. The molecule has 0 spiro atoms. The van der Waals surface area contributed by atoms with Gasteiger partial charge in [-0.2, -0.15) is 0 Å². The minimum Gasteiger partial charge on any atom is -0.358 e. The summed E-state index contributed by atoms with van der Waals surface area (Å²) in [6, 6.07) is 0. The fourth-order valence-electron chi connectivity index (χ4n) is 2.81. The first-order valence-electron chi connectivity index (χ1n) is 7.50. The molecule has 2 fully saturated rings. The average Bonchev–Trinajstić information content (AvgIpc) is 2.71. The Morgan fingerprint density at radius 2 is 0.304 bits per heavy atom. The molecule has 1 heteroatoms. The first kappa shape index (κ1) is 28.7. The normalized spacial score (nSPS) is 24.8. The van der Waals surface area contributed by atoms with E-state index in [9.17, 15) is 0 Å². The Morgan fingerprint density at radius 1 is 0.261 bits per heavy atom. The standard InChI is InChI=1S/2C10H15.2CH3.Zr/c2*1-6-7(2)9(4)10(5)8(6)3;;;/h2*1-5H3;2*1H3;/q;;2*-1;+2. The Balaban J connectivity index is -0.000000308. The van der Waals surface area contributed by atoms with Gasteiger partial charge >= 0.3 is 26.2 Å². The Labute approximate surface area is 169 Å². The monoisotopic (exact) mass is 390 g/mol. The summed E-state index contributed by atoms with van der Waals surface area (Å²) in [5.41, 5.74) is 0. The fraction of sp³-hybridized carbons (Fsp3) is 0.455. The second-order valence-corrected chi connectivity index (χ2v) is 6.25. The Hall–Kier alpha value is 0.883. The van der Waals surface area contributed by atoms with Crippen LogP contribution in [0.3, 0.4) is 0 Å². The van der Waals surface area contributed by atoms with Crippen LogP contribution in [0.1, 0.15) is 69.2 Å². The third-order valence-electron chi connectivity index (χ3n) is 5.62. The smallest absolute Gasteiger partial charge is 0.358 e. The molecule has 2 aliphatic rings. The van der Waals surface area contributed by atoms with Gasteiger partial charge in [-0.1, -0.05) is 69.2 Å². The number of hydrogen-bond acceptors (Lipinski definition) is 0. The molecule has 0 atom stereocenters. The van der Waals surface area contributed by atoms with Gasteiger partial charge in [0.25, 0.3) is 0 Å². The van der Waals surface area contributed by atoms with Crippen LogP contribution in [0.25, 0.3) is 0 Å². The van der Waals surface area contributed by atoms with E-state index in [1.807, 2.05) is 0 Å². The maximum atomic E-state index is 2.20. The van der Waals surface area contributed by atoms with Crippen LogP contribution in [0, 0.1) is 74.0 Å². The summed E-state index contributed by atoms with van der Waals surface area (Å²) in [5, 5.41) is 0. The van der Waals surface area contributed by atoms with Gasteiger partial charge in [0.05, 0.1) is 0 Å². The first-order valence-corrected chi connectivity index (χ1v) is 7.50. The number of hydrogen-bond donors (Lipinski definition) is 0. The van der Waals surface area contributed by atoms with Gasteiger partial charge in [-0.25, -0.2) is 0 Å². The molecule has 23 heavy (non-hydrogen) atoms. The second-order valence-electron chi connectivity index (χ2n) is 6.25. The van der Waals surface area contributed by atoms with Crippen LogP contribution in [0.2, 0.25) is 0 Å². The van der Waals surface area contributed by atoms with Gasteiger partial charge in [-0.3, -0.25) is 0 Å². The van der Waals surface area contributed by atoms with Crippen molar-refractivity contribution < 1.29 is 26.2 Å². The average molecular weight is 392 g/mol. The molecule has 0 heterocycles. The molecule has 128 valence electrons. The van der Waals surface area contributed by atoms with E-state index >= 15 is 0 Å². The van der Waals surface area contributed by atoms with E-state index in [2.05, 4.69) is 69.2 Å². The van der Waals surface area contributed by atoms with E-state index in [-0.39, 0.29) is 41.1 Å². The molecule has 0 bridgehead atoms. The molecule has 0 aliphatic heterocycles. The summed E-state index contributed by atoms with van der Waals surface area (Å²) < 4.78 is 0. The third-order valence-corrected chi connectivity index (χ3v) is 5.62. The minimum atomic E-state index is 0. The molecular weight excluding hydrogens is 355 g/mol. The molecule has 2 aliphatic carbocycles. The molecule has 0 aromatic rings. The molecule has 0 aromatic carbocycles. The molecule has 0 aromatic heterocycles. The topological polar surface area (TPSA) is 0 Å². The van der Waals surface area contributed by atoms with Crippen molar-refractivity contribution in [2.45, 2.75) is 69.2 Å². The maximum absolute atomic E-state index is 2.20. The molecule has 0 N–H and O–H groups in total. The van der Waals surface area contributed by atoms with Crippen molar-refractivity contribution in [1.29, 1.82) is 0 Å². The molecule has 10 radical (unpaired) electrons. The van der Waals surface area contributed by atoms with Gasteiger partial charge in [0, 0.05) is 0 Å². The van der Waals surface area contributed by atoms with Crippen LogP contribution in [0.5, 0.6) is 0 Å². The van der Waals surface area contributed by atoms with Crippen molar-refractivity contribution in [3.8, 4) is 0 Å². The number of rotatable bonds is 0. The van der Waals surface area contributed by atoms with Crippen molar-refractivity contribution in [2.75, 3.05) is 0 Å². The molecule has 0 unspecified atom stereocenters. The second kappa shape index (κ2) is 11.5. The molecule has 0 amide bonds. The zero-order valence-corrected chi connectivity index (χ0v) is 20.0. The van der Waals surface area contributed by atoms with Gasteiger partial charge in [-0.05, 0) is 59.2 Å². The van der Waals surface area contributed by atoms with E-state index in [1.165, 1.54) is 59.2 Å². The van der Waals surface area contributed by atoms with Crippen molar-refractivity contribution in [2.24, 2.45) is 0 Å². The largest absolute Gasteiger partial charge is 2.00 e. The van der Waals surface area contributed by atoms with Gasteiger partial charge in [0.2, 0.25) is 0 Å². The predicted octanol–water partition coefficient (Wildman–Crippen LogP) is 6.84. The SMILES string of the molecule is C[C]1[C](C)[C](C)[C](C)[C]1C.C[C]1[C](C)[C](C)[C](C)[C]1C.[CH3-].[CH3-].[Zr+2]. The molecular formula is C22H36Zr. The predicted molar refractivity (Wildman–Crippen MR) is 102 cm³/mol. The molecule has 2 saturated carbocycles. The van der Waals surface area contributed by atoms with E-state index < -0.39 is 0 Å². The van der Waals surface area contributed by atoms with Gasteiger partial charge in [-0.15, -0.1) is 0 Å². The first-order chi connectivity index (χ1) is 9.11. The Kier molecular flexibility index (Phi) is 14.3. The quantitative estimate of drug-likeness (QED) is 0.396. The summed E-state index contributed by atoms with van der Waals surface area (Å²) in [6.07, 6.45) is 0. The zero-order valence-electron chi connectivity index (χ0n) is 17.5. The summed E-state index contributed by atoms with van der Waals surface area (Å²) in [5.74, 6) is 14.7. The third kappa shape index (κ3) is 5.97. The van der Waals surface area contributed by atoms with E-state index in [1.54, 1.807) is 0 Å². The van der Waals surface area contributed by atoms with Gasteiger partial charge in [0.1, 0.15) is 0 Å². The summed E-state index contributed by atoms with van der Waals surface area (Å²) in [6.45, 7) is 22.0. The van der Waals surface area contributed by atoms with E-state index in [0.717, 1.165) is 0 Å². The van der Waals surface area contributed by atoms with Gasteiger partial charge in [0.15, 0.2) is 0 Å². The van der Waals surface area contributed by atoms with Crippen LogP contribution in [-0.2, 0) is 26.2 Å². The van der Waals surface area contributed by atoms with Crippen molar-refractivity contribution in [3.63, 3.8) is 0 Å². The van der Waals surface area contributed by atoms with E-state index in [0.29, 0.717) is 0 Å². The molecule has 0 nitrogen and oxygen atoms in total.